The van der Waals surface area contributed by atoms with E-state index in [2.05, 4.69) is 16.4 Å². The van der Waals surface area contributed by atoms with Crippen molar-refractivity contribution in [3.8, 4) is 0 Å². The molecule has 3 rings (SSSR count). The van der Waals surface area contributed by atoms with Gasteiger partial charge in [0.1, 0.15) is 5.76 Å². The van der Waals surface area contributed by atoms with Crippen molar-refractivity contribution < 1.29 is 4.42 Å². The number of hydrogen-bond acceptors (Lipinski definition) is 4. The molecular weight excluding hydrogens is 268 g/mol. The van der Waals surface area contributed by atoms with Gasteiger partial charge in [-0.05, 0) is 48.9 Å². The highest BCUT2D eigenvalue weighted by atomic mass is 35.5. The fourth-order valence-electron chi connectivity index (χ4n) is 1.79. The van der Waals surface area contributed by atoms with Crippen LogP contribution in [0.2, 0.25) is 5.22 Å². The zero-order valence-electron chi connectivity index (χ0n) is 9.74. The number of halogens is 1. The second kappa shape index (κ2) is 4.63. The fourth-order valence-corrected chi connectivity index (χ4v) is 2.81. The highest BCUT2D eigenvalue weighted by molar-refractivity contribution is 7.18. The van der Waals surface area contributed by atoms with E-state index in [1.54, 1.807) is 17.4 Å². The Bertz CT molecular complexity index is 689. The number of rotatable bonds is 3. The predicted molar refractivity (Wildman–Crippen MR) is 75.4 cm³/mol. The van der Waals surface area contributed by atoms with E-state index >= 15 is 0 Å². The van der Waals surface area contributed by atoms with E-state index in [-0.39, 0.29) is 0 Å². The Balaban J connectivity index is 1.78. The monoisotopic (exact) mass is 278 g/mol. The van der Waals surface area contributed by atoms with Gasteiger partial charge in [-0.1, -0.05) is 0 Å². The minimum atomic E-state index is 0.417. The zero-order chi connectivity index (χ0) is 12.5. The maximum atomic E-state index is 5.72. The maximum Gasteiger partial charge on any atom is 0.193 e. The van der Waals surface area contributed by atoms with Crippen LogP contribution >= 0.6 is 22.9 Å². The van der Waals surface area contributed by atoms with Gasteiger partial charge in [0.25, 0.3) is 0 Å². The molecule has 0 aliphatic heterocycles. The number of aromatic nitrogens is 1. The number of fused-ring (bicyclic) bond motifs is 1. The summed E-state index contributed by atoms with van der Waals surface area (Å²) in [5.41, 5.74) is 2.10. The third-order valence-electron chi connectivity index (χ3n) is 2.59. The van der Waals surface area contributed by atoms with Crippen molar-refractivity contribution in [3.05, 3.63) is 46.3 Å². The van der Waals surface area contributed by atoms with Crippen molar-refractivity contribution in [3.63, 3.8) is 0 Å². The van der Waals surface area contributed by atoms with Crippen LogP contribution in [0.25, 0.3) is 10.2 Å². The van der Waals surface area contributed by atoms with Gasteiger partial charge >= 0.3 is 0 Å². The topological polar surface area (TPSA) is 38.1 Å². The number of anilines is 1. The molecule has 0 radical (unpaired) electrons. The Morgan fingerprint density at radius 2 is 2.22 bits per heavy atom. The summed E-state index contributed by atoms with van der Waals surface area (Å²) in [6.45, 7) is 2.64. The number of nitrogens with one attached hydrogen (secondary N) is 1. The summed E-state index contributed by atoms with van der Waals surface area (Å²) in [6, 6.07) is 9.76. The van der Waals surface area contributed by atoms with Crippen molar-refractivity contribution in [2.24, 2.45) is 0 Å². The zero-order valence-corrected chi connectivity index (χ0v) is 11.3. The first-order chi connectivity index (χ1) is 8.70. The van der Waals surface area contributed by atoms with Crippen LogP contribution in [0, 0.1) is 6.92 Å². The van der Waals surface area contributed by atoms with Crippen molar-refractivity contribution in [1.29, 1.82) is 0 Å². The normalized spacial score (nSPS) is 11.0. The standard InChI is InChI=1S/C13H11ClN2OS/c1-8-16-11-4-2-9(6-12(11)18-8)15-7-10-3-5-13(14)17-10/h2-6,15H,7H2,1H3. The van der Waals surface area contributed by atoms with Crippen LogP contribution in [0.1, 0.15) is 10.8 Å². The van der Waals surface area contributed by atoms with Gasteiger partial charge in [0.2, 0.25) is 0 Å². The van der Waals surface area contributed by atoms with Gasteiger partial charge in [-0.3, -0.25) is 0 Å². The molecule has 0 spiro atoms. The van der Waals surface area contributed by atoms with Crippen LogP contribution in [0.3, 0.4) is 0 Å². The molecule has 0 saturated heterocycles. The van der Waals surface area contributed by atoms with Crippen LogP contribution in [0.15, 0.2) is 34.7 Å². The molecule has 3 aromatic rings. The number of nitrogens with zero attached hydrogens (tertiary/aromatic N) is 1. The van der Waals surface area contributed by atoms with Crippen LogP contribution in [0.4, 0.5) is 5.69 Å². The predicted octanol–water partition coefficient (Wildman–Crippen LogP) is 4.46. The molecule has 18 heavy (non-hydrogen) atoms. The van der Waals surface area contributed by atoms with Crippen LogP contribution in [0.5, 0.6) is 0 Å². The first-order valence-corrected chi connectivity index (χ1v) is 6.75. The average molecular weight is 279 g/mol. The van der Waals surface area contributed by atoms with E-state index in [0.717, 1.165) is 22.0 Å². The first-order valence-electron chi connectivity index (χ1n) is 5.56. The van der Waals surface area contributed by atoms with Crippen molar-refractivity contribution in [2.45, 2.75) is 13.5 Å². The SMILES string of the molecule is Cc1nc2ccc(NCc3ccc(Cl)o3)cc2s1. The summed E-state index contributed by atoms with van der Waals surface area (Å²) < 4.78 is 6.48. The summed E-state index contributed by atoms with van der Waals surface area (Å²) in [7, 11) is 0. The number of hydrogen-bond donors (Lipinski definition) is 1. The third kappa shape index (κ3) is 2.35. The lowest BCUT2D eigenvalue weighted by molar-refractivity contribution is 0.520. The molecule has 0 atom stereocenters. The second-order valence-corrected chi connectivity index (χ2v) is 5.58. The molecule has 0 aliphatic rings. The van der Waals surface area contributed by atoms with Gasteiger partial charge in [-0.25, -0.2) is 4.98 Å². The molecule has 2 heterocycles. The van der Waals surface area contributed by atoms with E-state index < -0.39 is 0 Å². The number of thiazole rings is 1. The van der Waals surface area contributed by atoms with E-state index in [1.165, 1.54) is 4.70 Å². The first kappa shape index (κ1) is 11.6. The Morgan fingerprint density at radius 1 is 1.33 bits per heavy atom. The highest BCUT2D eigenvalue weighted by Crippen LogP contribution is 2.25. The summed E-state index contributed by atoms with van der Waals surface area (Å²) in [4.78, 5) is 4.43. The fraction of sp³-hybridized carbons (Fsp3) is 0.154. The van der Waals surface area contributed by atoms with Gasteiger partial charge in [-0.2, -0.15) is 0 Å². The molecule has 0 amide bonds. The maximum absolute atomic E-state index is 5.72. The minimum Gasteiger partial charge on any atom is -0.448 e. The van der Waals surface area contributed by atoms with Gasteiger partial charge in [0, 0.05) is 5.69 Å². The van der Waals surface area contributed by atoms with Gasteiger partial charge in [0.05, 0.1) is 21.8 Å². The van der Waals surface area contributed by atoms with Gasteiger partial charge in [0.15, 0.2) is 5.22 Å². The summed E-state index contributed by atoms with van der Waals surface area (Å²) in [5.74, 6) is 0.820. The number of furan rings is 1. The molecule has 0 aliphatic carbocycles. The van der Waals surface area contributed by atoms with E-state index in [0.29, 0.717) is 11.8 Å². The largest absolute Gasteiger partial charge is 0.448 e. The molecule has 0 saturated carbocycles. The van der Waals surface area contributed by atoms with Gasteiger partial charge < -0.3 is 9.73 Å². The lowest BCUT2D eigenvalue weighted by Gasteiger charge is -2.03. The molecular formula is C13H11ClN2OS. The number of benzene rings is 1. The molecule has 92 valence electrons. The molecule has 0 unspecified atom stereocenters. The van der Waals surface area contributed by atoms with Gasteiger partial charge in [-0.15, -0.1) is 11.3 Å². The van der Waals surface area contributed by atoms with Crippen molar-refractivity contribution in [2.75, 3.05) is 5.32 Å². The lowest BCUT2D eigenvalue weighted by atomic mass is 10.3. The molecule has 2 aromatic heterocycles. The molecule has 5 heteroatoms. The quantitative estimate of drug-likeness (QED) is 0.768. The molecule has 1 N–H and O–H groups in total. The summed E-state index contributed by atoms with van der Waals surface area (Å²) in [6.07, 6.45) is 0. The molecule has 0 fully saturated rings. The second-order valence-electron chi connectivity index (χ2n) is 3.97. The Morgan fingerprint density at radius 3 is 3.00 bits per heavy atom. The Hall–Kier alpha value is -1.52. The smallest absolute Gasteiger partial charge is 0.193 e. The van der Waals surface area contributed by atoms with E-state index in [1.807, 2.05) is 25.1 Å². The Kier molecular flexibility index (Phi) is 2.97. The minimum absolute atomic E-state index is 0.417. The highest BCUT2D eigenvalue weighted by Gasteiger charge is 2.03. The average Bonchev–Trinajstić information content (AvgIpc) is 2.90. The van der Waals surface area contributed by atoms with E-state index in [4.69, 9.17) is 16.0 Å². The summed E-state index contributed by atoms with van der Waals surface area (Å²) in [5, 5.41) is 4.80. The Labute approximate surface area is 113 Å². The third-order valence-corrected chi connectivity index (χ3v) is 3.73. The van der Waals surface area contributed by atoms with Crippen molar-refractivity contribution >= 4 is 38.8 Å². The number of aryl methyl sites for hydroxylation is 1. The van der Waals surface area contributed by atoms with E-state index in [9.17, 15) is 0 Å². The molecule has 1 aromatic carbocycles. The summed E-state index contributed by atoms with van der Waals surface area (Å²) >= 11 is 7.42. The van der Waals surface area contributed by atoms with Crippen LogP contribution in [-0.2, 0) is 6.54 Å². The van der Waals surface area contributed by atoms with Crippen molar-refractivity contribution in [1.82, 2.24) is 4.98 Å². The molecule has 3 nitrogen and oxygen atoms in total. The molecule has 0 bridgehead atoms. The lowest BCUT2D eigenvalue weighted by Crippen LogP contribution is -1.97. The van der Waals surface area contributed by atoms with Crippen LogP contribution < -0.4 is 5.32 Å². The van der Waals surface area contributed by atoms with Crippen LogP contribution in [-0.4, -0.2) is 4.98 Å².